The molecule has 0 fully saturated rings. The van der Waals surface area contributed by atoms with Crippen molar-refractivity contribution in [2.24, 2.45) is 0 Å². The molecule has 0 aliphatic carbocycles. The van der Waals surface area contributed by atoms with Gasteiger partial charge in [-0.3, -0.25) is 0 Å². The van der Waals surface area contributed by atoms with Crippen LogP contribution in [-0.2, 0) is 0 Å². The summed E-state index contributed by atoms with van der Waals surface area (Å²) in [5.41, 5.74) is 1.14. The van der Waals surface area contributed by atoms with Gasteiger partial charge < -0.3 is 5.32 Å². The minimum absolute atomic E-state index is 0.823. The molecule has 1 N–H and O–H groups in total. The van der Waals surface area contributed by atoms with E-state index in [0.717, 1.165) is 12.2 Å². The predicted octanol–water partition coefficient (Wildman–Crippen LogP) is 2.42. The quantitative estimate of drug-likeness (QED) is 0.689. The van der Waals surface area contributed by atoms with Crippen LogP contribution in [-0.4, -0.2) is 6.54 Å². The molecule has 0 amide bonds. The van der Waals surface area contributed by atoms with E-state index in [9.17, 15) is 0 Å². The number of anilines is 1. The van der Waals surface area contributed by atoms with Crippen molar-refractivity contribution in [2.75, 3.05) is 11.9 Å². The molecule has 62 valence electrons. The van der Waals surface area contributed by atoms with E-state index in [1.807, 2.05) is 36.4 Å². The summed E-state index contributed by atoms with van der Waals surface area (Å²) in [6.45, 7) is 7.94. The number of hydrogen-bond donors (Lipinski definition) is 1. The van der Waals surface area contributed by atoms with Crippen LogP contribution in [0.5, 0.6) is 0 Å². The SMILES string of the molecule is C#N.C=CCNc1ccccc1. The van der Waals surface area contributed by atoms with Gasteiger partial charge in [-0.1, -0.05) is 24.3 Å². The third-order valence-corrected chi connectivity index (χ3v) is 1.22. The summed E-state index contributed by atoms with van der Waals surface area (Å²) in [5.74, 6) is 0. The summed E-state index contributed by atoms with van der Waals surface area (Å²) < 4.78 is 0. The number of nitrogens with one attached hydrogen (secondary N) is 1. The first-order valence-corrected chi connectivity index (χ1v) is 3.59. The van der Waals surface area contributed by atoms with Crippen LogP contribution < -0.4 is 5.32 Å². The Labute approximate surface area is 73.1 Å². The zero-order chi connectivity index (χ0) is 9.23. The Bertz CT molecular complexity index is 226. The summed E-state index contributed by atoms with van der Waals surface area (Å²) in [6, 6.07) is 10.1. The van der Waals surface area contributed by atoms with E-state index in [0.29, 0.717) is 0 Å². The van der Waals surface area contributed by atoms with E-state index in [-0.39, 0.29) is 0 Å². The molecule has 12 heavy (non-hydrogen) atoms. The lowest BCUT2D eigenvalue weighted by Crippen LogP contribution is -1.96. The topological polar surface area (TPSA) is 35.8 Å². The highest BCUT2D eigenvalue weighted by molar-refractivity contribution is 5.42. The minimum atomic E-state index is 0.823. The summed E-state index contributed by atoms with van der Waals surface area (Å²) in [7, 11) is 0. The van der Waals surface area contributed by atoms with Gasteiger partial charge in [-0.25, -0.2) is 5.26 Å². The maximum atomic E-state index is 6.50. The lowest BCUT2D eigenvalue weighted by molar-refractivity contribution is 1.34. The number of para-hydroxylation sites is 1. The lowest BCUT2D eigenvalue weighted by Gasteiger charge is -2.00. The second kappa shape index (κ2) is 7.36. The van der Waals surface area contributed by atoms with Crippen molar-refractivity contribution >= 4 is 5.69 Å². The van der Waals surface area contributed by atoms with Gasteiger partial charge in [0.05, 0.1) is 0 Å². The molecule has 0 aliphatic heterocycles. The number of nitriles is 1. The van der Waals surface area contributed by atoms with Gasteiger partial charge in [-0.15, -0.1) is 6.58 Å². The standard InChI is InChI=1S/C9H11N.CHN/c1-2-8-10-9-6-4-3-5-7-9;1-2/h2-7,10H,1,8H2;1H. The van der Waals surface area contributed by atoms with Gasteiger partial charge in [-0.05, 0) is 12.1 Å². The monoisotopic (exact) mass is 160 g/mol. The molecule has 1 rings (SSSR count). The Kier molecular flexibility index (Phi) is 6.29. The first kappa shape index (κ1) is 10.2. The van der Waals surface area contributed by atoms with E-state index in [1.165, 1.54) is 0 Å². The molecule has 0 spiro atoms. The molecule has 0 saturated carbocycles. The zero-order valence-corrected chi connectivity index (χ0v) is 6.90. The summed E-state index contributed by atoms with van der Waals surface area (Å²) in [6.07, 6.45) is 1.84. The van der Waals surface area contributed by atoms with Crippen molar-refractivity contribution in [2.45, 2.75) is 0 Å². The van der Waals surface area contributed by atoms with Crippen molar-refractivity contribution in [3.63, 3.8) is 0 Å². The maximum absolute atomic E-state index is 6.50. The molecule has 0 atom stereocenters. The number of nitrogens with zero attached hydrogens (tertiary/aromatic N) is 1. The highest BCUT2D eigenvalue weighted by Gasteiger charge is 1.82. The van der Waals surface area contributed by atoms with Gasteiger partial charge in [0.15, 0.2) is 0 Å². The van der Waals surface area contributed by atoms with Crippen LogP contribution in [0.25, 0.3) is 0 Å². The van der Waals surface area contributed by atoms with E-state index < -0.39 is 0 Å². The van der Waals surface area contributed by atoms with Gasteiger partial charge in [0.25, 0.3) is 0 Å². The van der Waals surface area contributed by atoms with Crippen LogP contribution in [0.15, 0.2) is 43.0 Å². The Morgan fingerprint density at radius 2 is 1.92 bits per heavy atom. The second-order valence-electron chi connectivity index (χ2n) is 2.04. The van der Waals surface area contributed by atoms with Crippen LogP contribution >= 0.6 is 0 Å². The molecule has 0 radical (unpaired) electrons. The van der Waals surface area contributed by atoms with Crippen molar-refractivity contribution in [3.8, 4) is 6.57 Å². The molecular weight excluding hydrogens is 148 g/mol. The normalized spacial score (nSPS) is 7.50. The third-order valence-electron chi connectivity index (χ3n) is 1.22. The molecule has 1 aromatic carbocycles. The van der Waals surface area contributed by atoms with Crippen LogP contribution in [0, 0.1) is 11.8 Å². The first-order chi connectivity index (χ1) is 5.93. The smallest absolute Gasteiger partial charge is 0.0462 e. The molecule has 0 saturated heterocycles. The fourth-order valence-corrected chi connectivity index (χ4v) is 0.746. The van der Waals surface area contributed by atoms with Crippen LogP contribution in [0.1, 0.15) is 0 Å². The molecule has 0 unspecified atom stereocenters. The highest BCUT2D eigenvalue weighted by Crippen LogP contribution is 2.03. The Hall–Kier alpha value is -1.75. The molecular formula is C10H12N2. The molecule has 2 nitrogen and oxygen atoms in total. The zero-order valence-electron chi connectivity index (χ0n) is 6.90. The Balaban J connectivity index is 0.000000561. The molecule has 0 aliphatic rings. The number of rotatable bonds is 3. The van der Waals surface area contributed by atoms with Crippen LogP contribution in [0.2, 0.25) is 0 Å². The van der Waals surface area contributed by atoms with Crippen molar-refractivity contribution in [3.05, 3.63) is 43.0 Å². The molecule has 0 bridgehead atoms. The van der Waals surface area contributed by atoms with E-state index >= 15 is 0 Å². The van der Waals surface area contributed by atoms with E-state index in [2.05, 4.69) is 18.5 Å². The van der Waals surface area contributed by atoms with Crippen LogP contribution in [0.4, 0.5) is 5.69 Å². The van der Waals surface area contributed by atoms with E-state index in [1.54, 1.807) is 0 Å². The van der Waals surface area contributed by atoms with Gasteiger partial charge in [0.1, 0.15) is 0 Å². The molecule has 0 heterocycles. The van der Waals surface area contributed by atoms with Gasteiger partial charge in [0, 0.05) is 18.8 Å². The minimum Gasteiger partial charge on any atom is -0.382 e. The maximum Gasteiger partial charge on any atom is 0.0462 e. The summed E-state index contributed by atoms with van der Waals surface area (Å²) in [5, 5.41) is 9.68. The van der Waals surface area contributed by atoms with Gasteiger partial charge in [-0.2, -0.15) is 0 Å². The molecule has 0 aromatic heterocycles. The number of hydrogen-bond acceptors (Lipinski definition) is 2. The second-order valence-corrected chi connectivity index (χ2v) is 2.04. The van der Waals surface area contributed by atoms with Crippen molar-refractivity contribution in [1.29, 1.82) is 5.26 Å². The largest absolute Gasteiger partial charge is 0.382 e. The Morgan fingerprint density at radius 1 is 1.33 bits per heavy atom. The average molecular weight is 160 g/mol. The lowest BCUT2D eigenvalue weighted by atomic mass is 10.3. The third kappa shape index (κ3) is 4.13. The van der Waals surface area contributed by atoms with Crippen molar-refractivity contribution in [1.82, 2.24) is 0 Å². The highest BCUT2D eigenvalue weighted by atomic mass is 14.8. The molecule has 1 aromatic rings. The van der Waals surface area contributed by atoms with Crippen molar-refractivity contribution < 1.29 is 0 Å². The van der Waals surface area contributed by atoms with Crippen LogP contribution in [0.3, 0.4) is 0 Å². The predicted molar refractivity (Wildman–Crippen MR) is 51.8 cm³/mol. The van der Waals surface area contributed by atoms with Gasteiger partial charge in [0.2, 0.25) is 0 Å². The fraction of sp³-hybridized carbons (Fsp3) is 0.100. The van der Waals surface area contributed by atoms with E-state index in [4.69, 9.17) is 5.26 Å². The number of benzene rings is 1. The first-order valence-electron chi connectivity index (χ1n) is 3.59. The summed E-state index contributed by atoms with van der Waals surface area (Å²) in [4.78, 5) is 0. The molecule has 2 heteroatoms. The fourth-order valence-electron chi connectivity index (χ4n) is 0.746. The van der Waals surface area contributed by atoms with Gasteiger partial charge >= 0.3 is 0 Å². The summed E-state index contributed by atoms with van der Waals surface area (Å²) >= 11 is 0. The average Bonchev–Trinajstić information content (AvgIpc) is 2.19. The Morgan fingerprint density at radius 3 is 2.42 bits per heavy atom.